The molecule has 98 valence electrons. The van der Waals surface area contributed by atoms with Crippen LogP contribution >= 0.6 is 0 Å². The van der Waals surface area contributed by atoms with Crippen molar-refractivity contribution < 1.29 is 14.0 Å². The van der Waals surface area contributed by atoms with E-state index in [1.54, 1.807) is 0 Å². The summed E-state index contributed by atoms with van der Waals surface area (Å²) in [4.78, 5) is 10.8. The van der Waals surface area contributed by atoms with Crippen LogP contribution in [0.3, 0.4) is 0 Å². The van der Waals surface area contributed by atoms with Crippen LogP contribution in [0.5, 0.6) is 0 Å². The van der Waals surface area contributed by atoms with Crippen molar-refractivity contribution in [1.29, 1.82) is 5.26 Å². The second-order valence-corrected chi connectivity index (χ2v) is 9.56. The minimum Gasteiger partial charge on any atom is -0.464 e. The highest BCUT2D eigenvalue weighted by molar-refractivity contribution is 6.69. The van der Waals surface area contributed by atoms with Crippen molar-refractivity contribution in [1.82, 2.24) is 0 Å². The molecule has 0 unspecified atom stereocenters. The van der Waals surface area contributed by atoms with Crippen LogP contribution in [0.1, 0.15) is 26.7 Å². The van der Waals surface area contributed by atoms with Gasteiger partial charge in [0.1, 0.15) is 12.5 Å². The van der Waals surface area contributed by atoms with E-state index < -0.39 is 8.32 Å². The molecule has 0 amide bonds. The Kier molecular flexibility index (Phi) is 7.08. The van der Waals surface area contributed by atoms with Gasteiger partial charge in [0.2, 0.25) is 0 Å². The smallest absolute Gasteiger partial charge is 0.302 e. The Hall–Kier alpha value is -0.863. The third-order valence-electron chi connectivity index (χ3n) is 2.16. The molecule has 0 heterocycles. The van der Waals surface area contributed by atoms with Crippen LogP contribution in [0.4, 0.5) is 0 Å². The molecular formula is C12H23NO3Si. The van der Waals surface area contributed by atoms with Crippen molar-refractivity contribution in [2.24, 2.45) is 5.92 Å². The van der Waals surface area contributed by atoms with Gasteiger partial charge in [0.05, 0.1) is 12.2 Å². The van der Waals surface area contributed by atoms with Gasteiger partial charge in [-0.15, -0.1) is 0 Å². The fourth-order valence-corrected chi connectivity index (χ4v) is 2.71. The molecule has 0 aromatic rings. The Morgan fingerprint density at radius 2 is 2.00 bits per heavy atom. The van der Waals surface area contributed by atoms with E-state index in [0.717, 1.165) is 12.8 Å². The highest BCUT2D eigenvalue weighted by atomic mass is 28.4. The first-order valence-electron chi connectivity index (χ1n) is 6.01. The summed E-state index contributed by atoms with van der Waals surface area (Å²) in [5, 5.41) is 9.13. The van der Waals surface area contributed by atoms with Crippen molar-refractivity contribution in [2.75, 3.05) is 6.61 Å². The number of rotatable bonds is 7. The predicted molar refractivity (Wildman–Crippen MR) is 68.9 cm³/mol. The maximum Gasteiger partial charge on any atom is 0.302 e. The van der Waals surface area contributed by atoms with Crippen molar-refractivity contribution in [2.45, 2.75) is 52.4 Å². The lowest BCUT2D eigenvalue weighted by molar-refractivity contribution is -0.142. The molecule has 2 atom stereocenters. The van der Waals surface area contributed by atoms with Crippen molar-refractivity contribution in [3.8, 4) is 6.07 Å². The summed E-state index contributed by atoms with van der Waals surface area (Å²) >= 11 is 0. The number of nitrogens with zero attached hydrogens (tertiary/aromatic N) is 1. The molecule has 0 radical (unpaired) electrons. The van der Waals surface area contributed by atoms with Gasteiger partial charge in [-0.05, 0) is 26.1 Å². The van der Waals surface area contributed by atoms with Gasteiger partial charge < -0.3 is 9.16 Å². The minimum absolute atomic E-state index is 0.126. The summed E-state index contributed by atoms with van der Waals surface area (Å²) in [6.07, 6.45) is 1.65. The molecule has 0 fully saturated rings. The zero-order valence-corrected chi connectivity index (χ0v) is 12.4. The fourth-order valence-electron chi connectivity index (χ4n) is 1.52. The van der Waals surface area contributed by atoms with Crippen LogP contribution in [-0.2, 0) is 14.0 Å². The van der Waals surface area contributed by atoms with E-state index >= 15 is 0 Å². The lowest BCUT2D eigenvalue weighted by atomic mass is 10.0. The van der Waals surface area contributed by atoms with E-state index in [2.05, 4.69) is 32.6 Å². The first kappa shape index (κ1) is 16.1. The van der Waals surface area contributed by atoms with Gasteiger partial charge in [-0.3, -0.25) is 4.79 Å². The minimum atomic E-state index is -1.68. The second kappa shape index (κ2) is 7.46. The molecule has 0 saturated heterocycles. The maximum atomic E-state index is 10.8. The average molecular weight is 257 g/mol. The van der Waals surface area contributed by atoms with Crippen LogP contribution < -0.4 is 0 Å². The molecule has 0 aliphatic heterocycles. The monoisotopic (exact) mass is 257 g/mol. The summed E-state index contributed by atoms with van der Waals surface area (Å²) in [6, 6.07) is 2.18. The third kappa shape index (κ3) is 7.94. The van der Waals surface area contributed by atoms with E-state index in [1.807, 2.05) is 0 Å². The summed E-state index contributed by atoms with van der Waals surface area (Å²) in [5.74, 6) is -0.723. The number of carbonyl (C=O) groups excluding carboxylic acids is 1. The summed E-state index contributed by atoms with van der Waals surface area (Å²) in [6.45, 7) is 9.81. The number of hydrogen-bond acceptors (Lipinski definition) is 4. The van der Waals surface area contributed by atoms with Crippen LogP contribution in [0, 0.1) is 17.2 Å². The molecule has 0 aliphatic carbocycles. The van der Waals surface area contributed by atoms with Gasteiger partial charge in [-0.1, -0.05) is 13.3 Å². The lowest BCUT2D eigenvalue weighted by Crippen LogP contribution is -2.37. The van der Waals surface area contributed by atoms with Crippen molar-refractivity contribution in [3.05, 3.63) is 0 Å². The van der Waals surface area contributed by atoms with E-state index in [9.17, 15) is 4.79 Å². The number of ether oxygens (including phenoxy) is 1. The first-order chi connectivity index (χ1) is 7.80. The van der Waals surface area contributed by atoms with E-state index in [4.69, 9.17) is 14.4 Å². The number of nitriles is 1. The van der Waals surface area contributed by atoms with Gasteiger partial charge in [-0.2, -0.15) is 5.26 Å². The van der Waals surface area contributed by atoms with Crippen LogP contribution in [-0.4, -0.2) is 27.0 Å². The molecule has 5 heteroatoms. The predicted octanol–water partition coefficient (Wildman–Crippen LogP) is 2.71. The Morgan fingerprint density at radius 1 is 1.41 bits per heavy atom. The first-order valence-corrected chi connectivity index (χ1v) is 9.41. The van der Waals surface area contributed by atoms with Crippen LogP contribution in [0.25, 0.3) is 0 Å². The van der Waals surface area contributed by atoms with Crippen molar-refractivity contribution >= 4 is 14.3 Å². The maximum absolute atomic E-state index is 10.8. The fraction of sp³-hybridized carbons (Fsp3) is 0.833. The average Bonchev–Trinajstić information content (AvgIpc) is 2.16. The zero-order valence-electron chi connectivity index (χ0n) is 11.4. The Morgan fingerprint density at radius 3 is 2.35 bits per heavy atom. The topological polar surface area (TPSA) is 59.3 Å². The highest BCUT2D eigenvalue weighted by Crippen LogP contribution is 2.19. The molecular weight excluding hydrogens is 234 g/mol. The molecule has 0 aromatic heterocycles. The van der Waals surface area contributed by atoms with E-state index in [0.29, 0.717) is 0 Å². The molecule has 0 rings (SSSR count). The largest absolute Gasteiger partial charge is 0.464 e. The molecule has 0 saturated carbocycles. The van der Waals surface area contributed by atoms with E-state index in [-0.39, 0.29) is 24.6 Å². The Balaban J connectivity index is 4.52. The molecule has 0 aromatic carbocycles. The van der Waals surface area contributed by atoms with Gasteiger partial charge in [0.25, 0.3) is 0 Å². The number of carbonyl (C=O) groups is 1. The highest BCUT2D eigenvalue weighted by Gasteiger charge is 2.28. The molecule has 0 bridgehead atoms. The molecule has 0 aliphatic rings. The third-order valence-corrected chi connectivity index (χ3v) is 3.17. The second-order valence-electron chi connectivity index (χ2n) is 5.10. The summed E-state index contributed by atoms with van der Waals surface area (Å²) in [5.41, 5.74) is 0. The van der Waals surface area contributed by atoms with Crippen molar-refractivity contribution in [3.63, 3.8) is 0 Å². The Bertz CT molecular complexity index is 280. The summed E-state index contributed by atoms with van der Waals surface area (Å²) < 4.78 is 10.9. The zero-order chi connectivity index (χ0) is 13.5. The molecule has 0 spiro atoms. The van der Waals surface area contributed by atoms with Crippen LogP contribution in [0.2, 0.25) is 19.6 Å². The normalized spacial score (nSPS) is 14.8. The van der Waals surface area contributed by atoms with Gasteiger partial charge in [0.15, 0.2) is 8.32 Å². The Labute approximate surface area is 105 Å². The van der Waals surface area contributed by atoms with Gasteiger partial charge in [0, 0.05) is 6.92 Å². The standard InChI is InChI=1S/C12H23NO3Si/c1-6-7-12(16-17(3,4)5)11(8-13)9-15-10(2)14/h11-12H,6-7,9H2,1-5H3/t11-,12+/m1/s1. The quantitative estimate of drug-likeness (QED) is 0.520. The number of hydrogen-bond donors (Lipinski definition) is 0. The molecule has 4 nitrogen and oxygen atoms in total. The van der Waals surface area contributed by atoms with Gasteiger partial charge >= 0.3 is 5.97 Å². The number of esters is 1. The molecule has 0 N–H and O–H groups in total. The molecule has 17 heavy (non-hydrogen) atoms. The summed E-state index contributed by atoms with van der Waals surface area (Å²) in [7, 11) is -1.68. The lowest BCUT2D eigenvalue weighted by Gasteiger charge is -2.29. The van der Waals surface area contributed by atoms with Gasteiger partial charge in [-0.25, -0.2) is 0 Å². The van der Waals surface area contributed by atoms with E-state index in [1.165, 1.54) is 6.92 Å². The SMILES string of the molecule is CCC[C@H](O[Si](C)(C)C)[C@H](C#N)COC(C)=O. The van der Waals surface area contributed by atoms with Crippen LogP contribution in [0.15, 0.2) is 0 Å².